The molecule has 4 heterocycles. The molecule has 0 aliphatic rings. The highest BCUT2D eigenvalue weighted by molar-refractivity contribution is 6.30. The van der Waals surface area contributed by atoms with Gasteiger partial charge in [0.2, 0.25) is 0 Å². The average Bonchev–Trinajstić information content (AvgIpc) is 1.44. The minimum absolute atomic E-state index is 0.548. The monoisotopic (exact) mass is 1350 g/mol. The number of benzene rings is 18. The molecular weight excluding hydrogens is 1290 g/mol. The molecule has 8 nitrogen and oxygen atoms in total. The lowest BCUT2D eigenvalue weighted by molar-refractivity contribution is 0.673. The second-order valence-electron chi connectivity index (χ2n) is 27.6. The normalized spacial score (nSPS) is 12.0. The summed E-state index contributed by atoms with van der Waals surface area (Å²) in [4.78, 5) is 32.6. The van der Waals surface area contributed by atoms with Crippen LogP contribution in [0.1, 0.15) is 0 Å². The smallest absolute Gasteiger partial charge is 0.164 e. The molecule has 8 heteroatoms. The van der Waals surface area contributed by atoms with Crippen LogP contribution in [-0.2, 0) is 0 Å². The summed E-state index contributed by atoms with van der Waals surface area (Å²) in [5.41, 5.74) is 15.0. The largest absolute Gasteiger partial charge is 0.455 e. The van der Waals surface area contributed by atoms with Gasteiger partial charge in [-0.2, -0.15) is 0 Å². The van der Waals surface area contributed by atoms with Gasteiger partial charge in [0.05, 0.1) is 0 Å². The zero-order valence-electron chi connectivity index (χ0n) is 56.8. The second-order valence-corrected chi connectivity index (χ2v) is 27.6. The van der Waals surface area contributed by atoms with E-state index in [1.54, 1.807) is 0 Å². The molecule has 0 unspecified atom stereocenters. The fourth-order valence-corrected chi connectivity index (χ4v) is 16.2. The van der Waals surface area contributed by atoms with Crippen LogP contribution >= 0.6 is 0 Å². The van der Waals surface area contributed by atoms with Crippen molar-refractivity contribution in [3.05, 3.63) is 340 Å². The summed E-state index contributed by atoms with van der Waals surface area (Å²) in [7, 11) is 0. The topological polar surface area (TPSA) is 104 Å². The molecule has 0 aliphatic heterocycles. The Bertz CT molecular complexity index is 7470. The molecule has 0 radical (unpaired) electrons. The Labute approximate surface area is 606 Å². The standard InChI is InChI=1S/C98H56N6O2/c1-3-17-57(18-4-1)68-38-39-70-50-75(44-40-69(70)48-68)95-100-94(102-97(103-95)83-54-73-42-36-60-20-10-13-31-79(60)87(73)92-88(83)81-46-45-61-21-11-14-32-80(61)90(81)106-92)74-29-16-28-65(49-74)63-26-15-27-64(47-63)71-37-33-58-34-43-76(52-77(58)51-71)96-99-93(62-22-5-2-6-23-62)101-98(104-96)84-55-72-41-35-59-19-9-12-30-78(59)86(72)91-89(84)82-53-66-24-7-8-25-67(66)56-85(82)105-91/h1-56H. The molecule has 0 bridgehead atoms. The Morgan fingerprint density at radius 3 is 1.12 bits per heavy atom. The molecule has 22 aromatic rings. The number of hydrogen-bond donors (Lipinski definition) is 0. The van der Waals surface area contributed by atoms with Crippen LogP contribution < -0.4 is 0 Å². The van der Waals surface area contributed by atoms with Crippen molar-refractivity contribution in [1.29, 1.82) is 0 Å². The minimum atomic E-state index is 0.548. The van der Waals surface area contributed by atoms with Crippen LogP contribution in [-0.4, -0.2) is 29.9 Å². The van der Waals surface area contributed by atoms with E-state index in [1.807, 2.05) is 18.2 Å². The van der Waals surface area contributed by atoms with Crippen molar-refractivity contribution in [2.75, 3.05) is 0 Å². The fraction of sp³-hybridized carbons (Fsp3) is 0. The van der Waals surface area contributed by atoms with Gasteiger partial charge in [-0.1, -0.05) is 273 Å². The SMILES string of the molecule is c1ccc(-c2ccc3cc(-c4nc(-c5cccc(-c6cccc(-c7ccc8ccc(-c9nc(-c%10ccccc%10)nc(-c%10cc%11ccc%12ccccc%12c%11c%11oc%12cc%13ccccc%13cc%12c%10%11)n9)cc8c7)c6)c5)nc(-c5cc6ccc7ccccc7c6c6oc7c8ccccc8ccc7c56)n4)ccc3c2)cc1. The van der Waals surface area contributed by atoms with Gasteiger partial charge in [0.15, 0.2) is 34.9 Å². The van der Waals surface area contributed by atoms with Crippen LogP contribution in [0.3, 0.4) is 0 Å². The average molecular weight is 1350 g/mol. The third-order valence-electron chi connectivity index (χ3n) is 21.4. The number of rotatable bonds is 9. The summed E-state index contributed by atoms with van der Waals surface area (Å²) in [5, 5.41) is 21.4. The van der Waals surface area contributed by atoms with E-state index in [0.29, 0.717) is 34.9 Å². The molecule has 0 saturated heterocycles. The molecule has 0 atom stereocenters. The van der Waals surface area contributed by atoms with E-state index in [4.69, 9.17) is 38.7 Å². The van der Waals surface area contributed by atoms with E-state index in [0.717, 1.165) is 191 Å². The highest BCUT2D eigenvalue weighted by Gasteiger charge is 2.26. The van der Waals surface area contributed by atoms with Crippen LogP contribution in [0.15, 0.2) is 349 Å². The number of aromatic nitrogens is 6. The van der Waals surface area contributed by atoms with Crippen molar-refractivity contribution >= 4 is 130 Å². The molecule has 106 heavy (non-hydrogen) atoms. The van der Waals surface area contributed by atoms with Gasteiger partial charge < -0.3 is 8.83 Å². The Hall–Kier alpha value is -14.3. The molecule has 0 N–H and O–H groups in total. The van der Waals surface area contributed by atoms with E-state index in [2.05, 4.69) is 322 Å². The molecule has 0 amide bonds. The first-order valence-electron chi connectivity index (χ1n) is 35.8. The van der Waals surface area contributed by atoms with E-state index >= 15 is 0 Å². The minimum Gasteiger partial charge on any atom is -0.455 e. The Balaban J connectivity index is 0.665. The zero-order chi connectivity index (χ0) is 69.5. The van der Waals surface area contributed by atoms with Crippen molar-refractivity contribution < 1.29 is 8.83 Å². The Morgan fingerprint density at radius 2 is 0.519 bits per heavy atom. The predicted molar refractivity (Wildman–Crippen MR) is 437 cm³/mol. The predicted octanol–water partition coefficient (Wildman–Crippen LogP) is 26.1. The number of hydrogen-bond acceptors (Lipinski definition) is 8. The van der Waals surface area contributed by atoms with Crippen molar-refractivity contribution in [2.24, 2.45) is 0 Å². The van der Waals surface area contributed by atoms with Crippen molar-refractivity contribution in [1.82, 2.24) is 29.9 Å². The lowest BCUT2D eigenvalue weighted by Crippen LogP contribution is -2.01. The lowest BCUT2D eigenvalue weighted by atomic mass is 9.95. The van der Waals surface area contributed by atoms with E-state index < -0.39 is 0 Å². The van der Waals surface area contributed by atoms with E-state index in [9.17, 15) is 0 Å². The van der Waals surface area contributed by atoms with Gasteiger partial charge >= 0.3 is 0 Å². The summed E-state index contributed by atoms with van der Waals surface area (Å²) in [6, 6.07) is 120. The first kappa shape index (κ1) is 59.4. The second kappa shape index (κ2) is 23.6. The molecular formula is C98H56N6O2. The van der Waals surface area contributed by atoms with Crippen LogP contribution in [0.2, 0.25) is 0 Å². The summed E-state index contributed by atoms with van der Waals surface area (Å²) < 4.78 is 14.3. The van der Waals surface area contributed by atoms with Gasteiger partial charge in [0.1, 0.15) is 22.3 Å². The fourth-order valence-electron chi connectivity index (χ4n) is 16.2. The zero-order valence-corrected chi connectivity index (χ0v) is 56.8. The van der Waals surface area contributed by atoms with Crippen LogP contribution in [0.25, 0.3) is 232 Å². The first-order valence-corrected chi connectivity index (χ1v) is 35.8. The van der Waals surface area contributed by atoms with Crippen LogP contribution in [0.5, 0.6) is 0 Å². The maximum atomic E-state index is 7.22. The molecule has 0 fully saturated rings. The van der Waals surface area contributed by atoms with Crippen molar-refractivity contribution in [2.45, 2.75) is 0 Å². The maximum absolute atomic E-state index is 7.22. The highest BCUT2D eigenvalue weighted by atomic mass is 16.3. The summed E-state index contributed by atoms with van der Waals surface area (Å²) in [6.07, 6.45) is 0. The van der Waals surface area contributed by atoms with Gasteiger partial charge in [-0.3, -0.25) is 0 Å². The molecule has 4 aromatic heterocycles. The number of nitrogens with zero attached hydrogens (tertiary/aromatic N) is 6. The van der Waals surface area contributed by atoms with Crippen LogP contribution in [0, 0.1) is 0 Å². The quantitative estimate of drug-likeness (QED) is 0.132. The summed E-state index contributed by atoms with van der Waals surface area (Å²) in [5.74, 6) is 3.38. The Morgan fingerprint density at radius 1 is 0.160 bits per heavy atom. The maximum Gasteiger partial charge on any atom is 0.164 e. The van der Waals surface area contributed by atoms with Crippen molar-refractivity contribution in [3.63, 3.8) is 0 Å². The molecule has 0 spiro atoms. The molecule has 0 saturated carbocycles. The molecule has 22 rings (SSSR count). The molecule has 490 valence electrons. The van der Waals surface area contributed by atoms with Crippen LogP contribution in [0.4, 0.5) is 0 Å². The number of fused-ring (bicyclic) bond motifs is 19. The van der Waals surface area contributed by atoms with Crippen molar-refractivity contribution in [3.8, 4) is 102 Å². The van der Waals surface area contributed by atoms with Gasteiger partial charge in [-0.05, 0) is 170 Å². The van der Waals surface area contributed by atoms with E-state index in [-0.39, 0.29) is 0 Å². The summed E-state index contributed by atoms with van der Waals surface area (Å²) >= 11 is 0. The lowest BCUT2D eigenvalue weighted by Gasteiger charge is -2.13. The van der Waals surface area contributed by atoms with Gasteiger partial charge in [0, 0.05) is 71.1 Å². The number of furan rings is 2. The van der Waals surface area contributed by atoms with E-state index in [1.165, 1.54) is 5.56 Å². The summed E-state index contributed by atoms with van der Waals surface area (Å²) in [6.45, 7) is 0. The van der Waals surface area contributed by atoms with Gasteiger partial charge in [-0.15, -0.1) is 0 Å². The molecule has 18 aromatic carbocycles. The van der Waals surface area contributed by atoms with Gasteiger partial charge in [-0.25, -0.2) is 29.9 Å². The highest BCUT2D eigenvalue weighted by Crippen LogP contribution is 2.48. The third kappa shape index (κ3) is 9.76. The molecule has 0 aliphatic carbocycles. The Kier molecular flexibility index (Phi) is 13.2. The van der Waals surface area contributed by atoms with Gasteiger partial charge in [0.25, 0.3) is 0 Å². The third-order valence-corrected chi connectivity index (χ3v) is 21.4. The first-order chi connectivity index (χ1) is 52.4.